The first-order valence-corrected chi connectivity index (χ1v) is 13.5. The molecule has 5 rings (SSSR count). The molecule has 0 spiro atoms. The maximum absolute atomic E-state index is 13.1. The molecule has 16 heteroatoms. The highest BCUT2D eigenvalue weighted by atomic mass is 35.5. The molecule has 1 amide bonds. The smallest absolute Gasteiger partial charge is 0.417 e. The first kappa shape index (κ1) is 27.8. The number of aromatic nitrogens is 4. The van der Waals surface area contributed by atoms with E-state index in [0.29, 0.717) is 43.0 Å². The van der Waals surface area contributed by atoms with Crippen LogP contribution in [0.1, 0.15) is 18.4 Å². The van der Waals surface area contributed by atoms with E-state index in [0.717, 1.165) is 16.7 Å². The largest absolute Gasteiger partial charge is 0.487 e. The molecule has 1 atom stereocenters. The summed E-state index contributed by atoms with van der Waals surface area (Å²) in [6.45, 7) is 0.825. The van der Waals surface area contributed by atoms with Crippen LogP contribution in [0.3, 0.4) is 0 Å². The second-order valence-corrected chi connectivity index (χ2v) is 10.8. The van der Waals surface area contributed by atoms with Crippen LogP contribution in [-0.2, 0) is 11.0 Å². The van der Waals surface area contributed by atoms with Crippen molar-refractivity contribution >= 4 is 58.3 Å². The van der Waals surface area contributed by atoms with Crippen molar-refractivity contribution in [2.45, 2.75) is 25.1 Å². The molecule has 0 unspecified atom stereocenters. The number of hydrogen-bond donors (Lipinski definition) is 1. The van der Waals surface area contributed by atoms with Crippen molar-refractivity contribution in [3.63, 3.8) is 0 Å². The summed E-state index contributed by atoms with van der Waals surface area (Å²) in [6, 6.07) is 3.82. The van der Waals surface area contributed by atoms with Crippen LogP contribution >= 0.6 is 46.8 Å². The van der Waals surface area contributed by atoms with Crippen molar-refractivity contribution in [2.24, 2.45) is 5.73 Å². The van der Waals surface area contributed by atoms with Crippen molar-refractivity contribution in [2.75, 3.05) is 18.8 Å². The van der Waals surface area contributed by atoms with E-state index in [-0.39, 0.29) is 50.1 Å². The van der Waals surface area contributed by atoms with Crippen molar-refractivity contribution < 1.29 is 27.2 Å². The van der Waals surface area contributed by atoms with Gasteiger partial charge in [0, 0.05) is 42.7 Å². The lowest BCUT2D eigenvalue weighted by molar-refractivity contribution is -0.137. The minimum absolute atomic E-state index is 0.0226. The van der Waals surface area contributed by atoms with Crippen LogP contribution in [0.15, 0.2) is 35.1 Å². The highest BCUT2D eigenvalue weighted by Crippen LogP contribution is 2.38. The lowest BCUT2D eigenvalue weighted by atomic mass is 10.1. The van der Waals surface area contributed by atoms with E-state index in [1.54, 1.807) is 4.31 Å². The van der Waals surface area contributed by atoms with E-state index in [1.165, 1.54) is 30.3 Å². The van der Waals surface area contributed by atoms with E-state index in [9.17, 15) is 18.0 Å². The third-order valence-corrected chi connectivity index (χ3v) is 7.70. The Balaban J connectivity index is 1.36. The van der Waals surface area contributed by atoms with Gasteiger partial charge in [0.1, 0.15) is 17.5 Å². The number of nitrogens with zero attached hydrogens (tertiary/aromatic N) is 5. The van der Waals surface area contributed by atoms with Gasteiger partial charge in [-0.15, -0.1) is 0 Å². The number of benzene rings is 1. The van der Waals surface area contributed by atoms with Gasteiger partial charge in [0.15, 0.2) is 5.65 Å². The Hall–Kier alpha value is -2.71. The third-order valence-electron chi connectivity index (χ3n) is 5.73. The van der Waals surface area contributed by atoms with Gasteiger partial charge in [0.05, 0.1) is 27.2 Å². The summed E-state index contributed by atoms with van der Waals surface area (Å²) in [6.07, 6.45) is -1.85. The lowest BCUT2D eigenvalue weighted by Crippen LogP contribution is -2.41. The molecule has 1 saturated heterocycles. The molecule has 1 aliphatic rings. The number of fused-ring (bicyclic) bond motifs is 1. The standard InChI is InChI=1S/C23H18Cl3F3N6O3S/c24-14-7-18(37-12-1-2-19(36)35(9-12)39-4-3-30)15(25)6-13(14)20-32-22(38-33-20)17-10-34-8-11(23(27,28)29)5-16(26)21(34)31-17/h5-8,10,12H,1-4,9,30H2/t12-/m1/s1. The topological polar surface area (TPSA) is 112 Å². The van der Waals surface area contributed by atoms with Crippen LogP contribution in [0.2, 0.25) is 15.1 Å². The van der Waals surface area contributed by atoms with Crippen LogP contribution in [0.5, 0.6) is 5.75 Å². The number of carbonyl (C=O) groups excluding carboxylic acids is 1. The number of amides is 1. The Morgan fingerprint density at radius 2 is 1.92 bits per heavy atom. The molecule has 3 aromatic heterocycles. The zero-order valence-corrected chi connectivity index (χ0v) is 22.8. The van der Waals surface area contributed by atoms with Crippen LogP contribution < -0.4 is 10.5 Å². The predicted octanol–water partition coefficient (Wildman–Crippen LogP) is 6.01. The fourth-order valence-electron chi connectivity index (χ4n) is 3.89. The van der Waals surface area contributed by atoms with Crippen LogP contribution in [0.4, 0.5) is 13.2 Å². The highest BCUT2D eigenvalue weighted by Gasteiger charge is 2.32. The van der Waals surface area contributed by atoms with E-state index in [2.05, 4.69) is 15.1 Å². The van der Waals surface area contributed by atoms with Gasteiger partial charge in [0.25, 0.3) is 5.89 Å². The van der Waals surface area contributed by atoms with E-state index >= 15 is 0 Å². The average Bonchev–Trinajstić information content (AvgIpc) is 3.53. The molecule has 39 heavy (non-hydrogen) atoms. The van der Waals surface area contributed by atoms with E-state index < -0.39 is 11.7 Å². The molecule has 0 aliphatic carbocycles. The summed E-state index contributed by atoms with van der Waals surface area (Å²) >= 11 is 20.3. The van der Waals surface area contributed by atoms with Gasteiger partial charge < -0.3 is 19.4 Å². The predicted molar refractivity (Wildman–Crippen MR) is 141 cm³/mol. The number of rotatable bonds is 7. The number of hydrogen-bond acceptors (Lipinski definition) is 8. The Morgan fingerprint density at radius 1 is 1.13 bits per heavy atom. The number of imidazole rings is 1. The normalized spacial score (nSPS) is 16.3. The Labute approximate surface area is 238 Å². The van der Waals surface area contributed by atoms with Crippen LogP contribution in [0.25, 0.3) is 28.6 Å². The quantitative estimate of drug-likeness (QED) is 0.250. The zero-order valence-electron chi connectivity index (χ0n) is 19.7. The van der Waals surface area contributed by atoms with Crippen LogP contribution in [0, 0.1) is 0 Å². The van der Waals surface area contributed by atoms with Crippen molar-refractivity contribution in [3.05, 3.63) is 51.2 Å². The SMILES string of the molecule is NCCSN1C[C@H](Oc2cc(Cl)c(-c3noc(-c4cn5cc(C(F)(F)F)cc(Cl)c5n4)n3)cc2Cl)CCC1=O. The monoisotopic (exact) mass is 620 g/mol. The summed E-state index contributed by atoms with van der Waals surface area (Å²) in [7, 11) is 0. The van der Waals surface area contributed by atoms with Crippen molar-refractivity contribution in [1.82, 2.24) is 23.8 Å². The molecule has 4 aromatic rings. The molecule has 9 nitrogen and oxygen atoms in total. The molecule has 1 aromatic carbocycles. The summed E-state index contributed by atoms with van der Waals surface area (Å²) in [5.41, 5.74) is 5.15. The molecule has 4 heterocycles. The molecule has 0 saturated carbocycles. The van der Waals surface area contributed by atoms with Gasteiger partial charge in [-0.05, 0) is 30.5 Å². The lowest BCUT2D eigenvalue weighted by Gasteiger charge is -2.31. The fourth-order valence-corrected chi connectivity index (χ4v) is 5.43. The minimum atomic E-state index is -4.58. The number of piperidine rings is 1. The molecular weight excluding hydrogens is 604 g/mol. The Morgan fingerprint density at radius 3 is 2.67 bits per heavy atom. The first-order valence-electron chi connectivity index (χ1n) is 11.4. The van der Waals surface area contributed by atoms with Gasteiger partial charge >= 0.3 is 6.18 Å². The van der Waals surface area contributed by atoms with E-state index in [4.69, 9.17) is 49.8 Å². The average molecular weight is 622 g/mol. The number of alkyl halides is 3. The Bertz CT molecular complexity index is 1550. The number of nitrogens with two attached hydrogens (primary N) is 1. The molecule has 0 radical (unpaired) electrons. The number of carbonyl (C=O) groups is 1. The van der Waals surface area contributed by atoms with Gasteiger partial charge in [-0.2, -0.15) is 18.2 Å². The first-order chi connectivity index (χ1) is 18.5. The summed E-state index contributed by atoms with van der Waals surface area (Å²) < 4.78 is 53.5. The van der Waals surface area contributed by atoms with Crippen LogP contribution in [-0.4, -0.2) is 54.7 Å². The molecular formula is C23H18Cl3F3N6O3S. The second-order valence-electron chi connectivity index (χ2n) is 8.47. The van der Waals surface area contributed by atoms with Crippen molar-refractivity contribution in [1.29, 1.82) is 0 Å². The Kier molecular flexibility index (Phi) is 7.89. The maximum atomic E-state index is 13.1. The van der Waals surface area contributed by atoms with Gasteiger partial charge in [-0.1, -0.05) is 40.0 Å². The molecule has 206 valence electrons. The molecule has 2 N–H and O–H groups in total. The fraction of sp³-hybridized carbons (Fsp3) is 0.304. The molecule has 0 bridgehead atoms. The van der Waals surface area contributed by atoms with Crippen molar-refractivity contribution in [3.8, 4) is 28.7 Å². The van der Waals surface area contributed by atoms with Gasteiger partial charge in [-0.3, -0.25) is 9.10 Å². The van der Waals surface area contributed by atoms with Gasteiger partial charge in [-0.25, -0.2) is 4.98 Å². The summed E-state index contributed by atoms with van der Waals surface area (Å²) in [5.74, 6) is 0.980. The summed E-state index contributed by atoms with van der Waals surface area (Å²) in [5, 5.41) is 4.18. The number of pyridine rings is 1. The van der Waals surface area contributed by atoms with E-state index in [1.807, 2.05) is 0 Å². The maximum Gasteiger partial charge on any atom is 0.417 e. The molecule has 1 fully saturated rings. The number of ether oxygens (including phenoxy) is 1. The zero-order chi connectivity index (χ0) is 27.9. The second kappa shape index (κ2) is 11.0. The third kappa shape index (κ3) is 5.92. The molecule has 1 aliphatic heterocycles. The summed E-state index contributed by atoms with van der Waals surface area (Å²) in [4.78, 5) is 20.6. The number of halogens is 6. The minimum Gasteiger partial charge on any atom is -0.487 e. The van der Waals surface area contributed by atoms with Gasteiger partial charge in [0.2, 0.25) is 11.7 Å². The highest BCUT2D eigenvalue weighted by molar-refractivity contribution is 7.97.